The zero-order chi connectivity index (χ0) is 15.1. The van der Waals surface area contributed by atoms with Gasteiger partial charge in [0.15, 0.2) is 0 Å². The number of aryl methyl sites for hydroxylation is 1. The zero-order valence-electron chi connectivity index (χ0n) is 12.3. The third-order valence-corrected chi connectivity index (χ3v) is 3.30. The molecule has 2 aromatic carbocycles. The Morgan fingerprint density at radius 2 is 1.76 bits per heavy atom. The normalized spacial score (nSPS) is 11.7. The van der Waals surface area contributed by atoms with Crippen LogP contribution in [-0.4, -0.2) is 19.7 Å². The molecule has 21 heavy (non-hydrogen) atoms. The lowest BCUT2D eigenvalue weighted by atomic mass is 10.0. The number of carbonyl (C=O) groups is 1. The number of hydrogen-bond donors (Lipinski definition) is 2. The number of urea groups is 1. The summed E-state index contributed by atoms with van der Waals surface area (Å²) >= 11 is 0. The molecule has 0 spiro atoms. The van der Waals surface area contributed by atoms with Crippen molar-refractivity contribution in [1.29, 1.82) is 0 Å². The molecule has 2 N–H and O–H groups in total. The Labute approximate surface area is 125 Å². The molecule has 4 heteroatoms. The number of carbonyl (C=O) groups excluding carboxylic acids is 1. The summed E-state index contributed by atoms with van der Waals surface area (Å²) in [5.74, 6) is 0. The van der Waals surface area contributed by atoms with Crippen LogP contribution >= 0.6 is 0 Å². The van der Waals surface area contributed by atoms with Crippen LogP contribution in [0.3, 0.4) is 0 Å². The Bertz CT molecular complexity index is 584. The molecule has 2 aromatic rings. The lowest BCUT2D eigenvalue weighted by Gasteiger charge is -2.18. The second-order valence-electron chi connectivity index (χ2n) is 4.78. The van der Waals surface area contributed by atoms with Crippen LogP contribution in [0.25, 0.3) is 0 Å². The minimum absolute atomic E-state index is 0.160. The van der Waals surface area contributed by atoms with Gasteiger partial charge in [-0.05, 0) is 30.2 Å². The van der Waals surface area contributed by atoms with Crippen LogP contribution in [0, 0.1) is 6.92 Å². The highest BCUT2D eigenvalue weighted by atomic mass is 16.5. The number of rotatable bonds is 5. The zero-order valence-corrected chi connectivity index (χ0v) is 12.3. The fraction of sp³-hybridized carbons (Fsp3) is 0.235. The molecule has 0 saturated carbocycles. The molecule has 1 atom stereocenters. The van der Waals surface area contributed by atoms with Crippen LogP contribution in [0.1, 0.15) is 17.2 Å². The maximum Gasteiger partial charge on any atom is 0.319 e. The van der Waals surface area contributed by atoms with Gasteiger partial charge in [0.2, 0.25) is 0 Å². The molecule has 2 amide bonds. The maximum absolute atomic E-state index is 11.9. The van der Waals surface area contributed by atoms with Crippen LogP contribution in [-0.2, 0) is 4.74 Å². The SMILES string of the molecule is COC(CNC(=O)Nc1ccccc1)c1ccccc1C. The molecule has 0 aliphatic heterocycles. The summed E-state index contributed by atoms with van der Waals surface area (Å²) in [6.07, 6.45) is -0.160. The summed E-state index contributed by atoms with van der Waals surface area (Å²) in [5, 5.41) is 5.61. The van der Waals surface area contributed by atoms with Crippen molar-refractivity contribution in [1.82, 2.24) is 5.32 Å². The van der Waals surface area contributed by atoms with E-state index in [0.717, 1.165) is 16.8 Å². The average Bonchev–Trinajstić information content (AvgIpc) is 2.50. The number of anilines is 1. The Morgan fingerprint density at radius 1 is 1.10 bits per heavy atom. The van der Waals surface area contributed by atoms with Crippen molar-refractivity contribution in [3.05, 3.63) is 65.7 Å². The summed E-state index contributed by atoms with van der Waals surface area (Å²) in [6, 6.07) is 17.1. The predicted octanol–water partition coefficient (Wildman–Crippen LogP) is 3.50. The first-order chi connectivity index (χ1) is 10.2. The Balaban J connectivity index is 1.91. The van der Waals surface area contributed by atoms with E-state index in [1.807, 2.05) is 61.5 Å². The largest absolute Gasteiger partial charge is 0.375 e. The number of ether oxygens (including phenoxy) is 1. The number of hydrogen-bond acceptors (Lipinski definition) is 2. The Hall–Kier alpha value is -2.33. The molecule has 0 aromatic heterocycles. The third-order valence-electron chi connectivity index (χ3n) is 3.30. The van der Waals surface area contributed by atoms with Crippen LogP contribution in [0.5, 0.6) is 0 Å². The number of para-hydroxylation sites is 1. The molecule has 0 heterocycles. The Kier molecular flexibility index (Phi) is 5.35. The predicted molar refractivity (Wildman–Crippen MR) is 84.4 cm³/mol. The summed E-state index contributed by atoms with van der Waals surface area (Å²) in [4.78, 5) is 11.9. The molecule has 4 nitrogen and oxygen atoms in total. The van der Waals surface area contributed by atoms with Crippen molar-refractivity contribution in [2.75, 3.05) is 19.0 Å². The fourth-order valence-corrected chi connectivity index (χ4v) is 2.15. The van der Waals surface area contributed by atoms with Gasteiger partial charge in [0.25, 0.3) is 0 Å². The molecule has 0 fully saturated rings. The van der Waals surface area contributed by atoms with E-state index in [4.69, 9.17) is 4.74 Å². The number of benzene rings is 2. The highest BCUT2D eigenvalue weighted by molar-refractivity contribution is 5.89. The lowest BCUT2D eigenvalue weighted by Crippen LogP contribution is -2.33. The summed E-state index contributed by atoms with van der Waals surface area (Å²) in [6.45, 7) is 2.45. The highest BCUT2D eigenvalue weighted by Crippen LogP contribution is 2.19. The van der Waals surface area contributed by atoms with Gasteiger partial charge in [0.1, 0.15) is 0 Å². The van der Waals surface area contributed by atoms with Crippen LogP contribution in [0.4, 0.5) is 10.5 Å². The van der Waals surface area contributed by atoms with Crippen LogP contribution in [0.15, 0.2) is 54.6 Å². The highest BCUT2D eigenvalue weighted by Gasteiger charge is 2.13. The standard InChI is InChI=1S/C17H20N2O2/c1-13-8-6-7-11-15(13)16(21-2)12-18-17(20)19-14-9-4-3-5-10-14/h3-11,16H,12H2,1-2H3,(H2,18,19,20). The van der Waals surface area contributed by atoms with E-state index < -0.39 is 0 Å². The molecule has 2 rings (SSSR count). The number of amides is 2. The summed E-state index contributed by atoms with van der Waals surface area (Å²) in [7, 11) is 1.65. The van der Waals surface area contributed by atoms with Gasteiger partial charge in [-0.2, -0.15) is 0 Å². The number of methoxy groups -OCH3 is 1. The van der Waals surface area contributed by atoms with Crippen LogP contribution < -0.4 is 10.6 Å². The van der Waals surface area contributed by atoms with E-state index in [-0.39, 0.29) is 12.1 Å². The van der Waals surface area contributed by atoms with Gasteiger partial charge in [-0.1, -0.05) is 42.5 Å². The third kappa shape index (κ3) is 4.33. The van der Waals surface area contributed by atoms with E-state index in [2.05, 4.69) is 10.6 Å². The van der Waals surface area contributed by atoms with Gasteiger partial charge in [0.05, 0.1) is 6.10 Å². The maximum atomic E-state index is 11.9. The van der Waals surface area contributed by atoms with Gasteiger partial charge in [0, 0.05) is 19.3 Å². The van der Waals surface area contributed by atoms with E-state index in [9.17, 15) is 4.79 Å². The lowest BCUT2D eigenvalue weighted by molar-refractivity contribution is 0.104. The molecule has 0 bridgehead atoms. The second kappa shape index (κ2) is 7.45. The van der Waals surface area contributed by atoms with Crippen molar-refractivity contribution in [3.8, 4) is 0 Å². The van der Waals surface area contributed by atoms with Crippen molar-refractivity contribution in [2.24, 2.45) is 0 Å². The van der Waals surface area contributed by atoms with Gasteiger partial charge in [-0.15, -0.1) is 0 Å². The fourth-order valence-electron chi connectivity index (χ4n) is 2.15. The van der Waals surface area contributed by atoms with Gasteiger partial charge >= 0.3 is 6.03 Å². The summed E-state index contributed by atoms with van der Waals surface area (Å²) < 4.78 is 5.48. The van der Waals surface area contributed by atoms with E-state index in [1.54, 1.807) is 7.11 Å². The number of nitrogens with one attached hydrogen (secondary N) is 2. The first kappa shape index (κ1) is 15.1. The van der Waals surface area contributed by atoms with Gasteiger partial charge in [-0.3, -0.25) is 0 Å². The minimum Gasteiger partial charge on any atom is -0.375 e. The van der Waals surface area contributed by atoms with E-state index in [0.29, 0.717) is 6.54 Å². The summed E-state index contributed by atoms with van der Waals surface area (Å²) in [5.41, 5.74) is 2.99. The first-order valence-electron chi connectivity index (χ1n) is 6.89. The molecule has 0 radical (unpaired) electrons. The minimum atomic E-state index is -0.239. The van der Waals surface area contributed by atoms with Gasteiger partial charge in [-0.25, -0.2) is 4.79 Å². The van der Waals surface area contributed by atoms with Crippen molar-refractivity contribution in [2.45, 2.75) is 13.0 Å². The smallest absolute Gasteiger partial charge is 0.319 e. The van der Waals surface area contributed by atoms with Crippen molar-refractivity contribution in [3.63, 3.8) is 0 Å². The second-order valence-corrected chi connectivity index (χ2v) is 4.78. The molecule has 110 valence electrons. The monoisotopic (exact) mass is 284 g/mol. The molecule has 1 unspecified atom stereocenters. The Morgan fingerprint density at radius 3 is 2.43 bits per heavy atom. The van der Waals surface area contributed by atoms with Crippen molar-refractivity contribution < 1.29 is 9.53 Å². The molecule has 0 aliphatic rings. The topological polar surface area (TPSA) is 50.4 Å². The quantitative estimate of drug-likeness (QED) is 0.882. The molecular weight excluding hydrogens is 264 g/mol. The first-order valence-corrected chi connectivity index (χ1v) is 6.89. The molecular formula is C17H20N2O2. The van der Waals surface area contributed by atoms with E-state index >= 15 is 0 Å². The molecule has 0 saturated heterocycles. The van der Waals surface area contributed by atoms with Crippen molar-refractivity contribution >= 4 is 11.7 Å². The van der Waals surface area contributed by atoms with E-state index in [1.165, 1.54) is 0 Å². The van der Waals surface area contributed by atoms with Crippen LogP contribution in [0.2, 0.25) is 0 Å². The van der Waals surface area contributed by atoms with Gasteiger partial charge < -0.3 is 15.4 Å². The average molecular weight is 284 g/mol. The molecule has 0 aliphatic carbocycles.